The minimum atomic E-state index is -0.569. The van der Waals surface area contributed by atoms with Crippen LogP contribution in [0.2, 0.25) is 0 Å². The number of nitrogens with one attached hydrogen (secondary N) is 1. The summed E-state index contributed by atoms with van der Waals surface area (Å²) in [6.45, 7) is 0. The summed E-state index contributed by atoms with van der Waals surface area (Å²) in [7, 11) is 1.29. The molecule has 0 saturated heterocycles. The van der Waals surface area contributed by atoms with Gasteiger partial charge in [0.1, 0.15) is 5.50 Å². The van der Waals surface area contributed by atoms with Crippen LogP contribution < -0.4 is 5.32 Å². The maximum atomic E-state index is 11.0. The van der Waals surface area contributed by atoms with Crippen LogP contribution >= 0.6 is 23.2 Å². The fraction of sp³-hybridized carbons (Fsp3) is 0.286. The van der Waals surface area contributed by atoms with E-state index < -0.39 is 11.5 Å². The van der Waals surface area contributed by atoms with E-state index in [0.717, 1.165) is 0 Å². The number of ether oxygens (including phenoxy) is 1. The number of allylic oxidation sites excluding steroid dienone is 2. The lowest BCUT2D eigenvalue weighted by Gasteiger charge is -2.16. The minimum Gasteiger partial charge on any atom is -0.466 e. The lowest BCUT2D eigenvalue weighted by Crippen LogP contribution is -2.28. The maximum absolute atomic E-state index is 11.0. The van der Waals surface area contributed by atoms with E-state index in [1.807, 2.05) is 0 Å². The zero-order valence-electron chi connectivity index (χ0n) is 6.30. The Bertz CT molecular complexity index is 260. The van der Waals surface area contributed by atoms with E-state index >= 15 is 0 Å². The van der Waals surface area contributed by atoms with E-state index in [1.54, 1.807) is 0 Å². The Labute approximate surface area is 80.0 Å². The highest BCUT2D eigenvalue weighted by atomic mass is 35.5. The molecule has 0 saturated carbocycles. The standard InChI is InChI=1S/C7H7Cl2NO2/c1-12-7(11)5-2-4(8)3-10-6(5)9/h2-3,6,10H,1H3. The molecule has 1 aliphatic rings. The molecule has 0 fully saturated rings. The third-order valence-corrected chi connectivity index (χ3v) is 1.93. The smallest absolute Gasteiger partial charge is 0.337 e. The molecule has 0 aliphatic carbocycles. The van der Waals surface area contributed by atoms with Gasteiger partial charge in [-0.1, -0.05) is 23.2 Å². The van der Waals surface area contributed by atoms with Gasteiger partial charge in [0.05, 0.1) is 17.7 Å². The molecule has 0 radical (unpaired) electrons. The summed E-state index contributed by atoms with van der Waals surface area (Å²) in [6, 6.07) is 0. The van der Waals surface area contributed by atoms with Gasteiger partial charge >= 0.3 is 5.97 Å². The van der Waals surface area contributed by atoms with Crippen molar-refractivity contribution < 1.29 is 9.53 Å². The number of hydrogen-bond donors (Lipinski definition) is 1. The molecule has 3 nitrogen and oxygen atoms in total. The van der Waals surface area contributed by atoms with Gasteiger partial charge in [0.15, 0.2) is 0 Å². The predicted molar refractivity (Wildman–Crippen MR) is 46.8 cm³/mol. The van der Waals surface area contributed by atoms with E-state index in [-0.39, 0.29) is 0 Å². The van der Waals surface area contributed by atoms with Crippen molar-refractivity contribution >= 4 is 29.2 Å². The summed E-state index contributed by atoms with van der Waals surface area (Å²) in [4.78, 5) is 11.0. The average Bonchev–Trinajstić information content (AvgIpc) is 2.08. The van der Waals surface area contributed by atoms with Crippen LogP contribution in [0.25, 0.3) is 0 Å². The normalized spacial score (nSPS) is 22.1. The molecule has 5 heteroatoms. The van der Waals surface area contributed by atoms with Gasteiger partial charge < -0.3 is 10.1 Å². The highest BCUT2D eigenvalue weighted by molar-refractivity contribution is 6.32. The number of rotatable bonds is 1. The molecule has 66 valence electrons. The average molecular weight is 208 g/mol. The van der Waals surface area contributed by atoms with Gasteiger partial charge in [-0.05, 0) is 6.08 Å². The molecule has 0 aromatic rings. The molecule has 1 unspecified atom stereocenters. The van der Waals surface area contributed by atoms with E-state index in [2.05, 4.69) is 10.1 Å². The number of dihydropyridines is 1. The Morgan fingerprint density at radius 2 is 2.42 bits per heavy atom. The molecule has 1 aliphatic heterocycles. The number of halogens is 2. The quantitative estimate of drug-likeness (QED) is 0.401. The Kier molecular flexibility index (Phi) is 3.00. The Morgan fingerprint density at radius 3 is 3.00 bits per heavy atom. The fourth-order valence-electron chi connectivity index (χ4n) is 0.786. The van der Waals surface area contributed by atoms with Crippen LogP contribution in [-0.4, -0.2) is 18.6 Å². The van der Waals surface area contributed by atoms with E-state index in [0.29, 0.717) is 10.6 Å². The summed E-state index contributed by atoms with van der Waals surface area (Å²) in [5, 5.41) is 3.12. The second-order valence-electron chi connectivity index (χ2n) is 2.15. The first-order valence-electron chi connectivity index (χ1n) is 3.21. The molecule has 12 heavy (non-hydrogen) atoms. The molecule has 0 bridgehead atoms. The second-order valence-corrected chi connectivity index (χ2v) is 3.02. The molecular weight excluding hydrogens is 201 g/mol. The number of carbonyl (C=O) groups is 1. The van der Waals surface area contributed by atoms with Gasteiger partial charge in [-0.15, -0.1) is 0 Å². The number of carbonyl (C=O) groups excluding carboxylic acids is 1. The summed E-state index contributed by atoms with van der Waals surface area (Å²) < 4.78 is 4.49. The van der Waals surface area contributed by atoms with Crippen LogP contribution in [0.1, 0.15) is 0 Å². The zero-order chi connectivity index (χ0) is 9.14. The van der Waals surface area contributed by atoms with Gasteiger partial charge in [-0.2, -0.15) is 0 Å². The molecule has 1 heterocycles. The third-order valence-electron chi connectivity index (χ3n) is 1.36. The van der Waals surface area contributed by atoms with Crippen molar-refractivity contribution in [3.63, 3.8) is 0 Å². The van der Waals surface area contributed by atoms with E-state index in [1.165, 1.54) is 19.4 Å². The molecule has 1 N–H and O–H groups in total. The van der Waals surface area contributed by atoms with Crippen molar-refractivity contribution in [3.8, 4) is 0 Å². The van der Waals surface area contributed by atoms with Crippen molar-refractivity contribution in [1.82, 2.24) is 5.32 Å². The summed E-state index contributed by atoms with van der Waals surface area (Å²) >= 11 is 11.4. The van der Waals surface area contributed by atoms with Crippen molar-refractivity contribution in [2.45, 2.75) is 5.50 Å². The zero-order valence-corrected chi connectivity index (χ0v) is 7.82. The van der Waals surface area contributed by atoms with Crippen LogP contribution in [0.5, 0.6) is 0 Å². The second kappa shape index (κ2) is 3.83. The van der Waals surface area contributed by atoms with Gasteiger partial charge in [0.2, 0.25) is 0 Å². The summed E-state index contributed by atoms with van der Waals surface area (Å²) in [5.41, 5.74) is -0.258. The molecular formula is C7H7Cl2NO2. The number of hydrogen-bond acceptors (Lipinski definition) is 3. The first-order chi connectivity index (χ1) is 5.65. The molecule has 0 spiro atoms. The van der Waals surface area contributed by atoms with E-state index in [9.17, 15) is 4.79 Å². The van der Waals surface area contributed by atoms with Crippen molar-refractivity contribution in [2.75, 3.05) is 7.11 Å². The summed E-state index contributed by atoms with van der Waals surface area (Å²) in [6.07, 6.45) is 2.99. The molecule has 0 amide bonds. The maximum Gasteiger partial charge on any atom is 0.337 e. The van der Waals surface area contributed by atoms with Crippen LogP contribution in [0.4, 0.5) is 0 Å². The van der Waals surface area contributed by atoms with Crippen molar-refractivity contribution in [1.29, 1.82) is 0 Å². The van der Waals surface area contributed by atoms with Crippen LogP contribution in [0.3, 0.4) is 0 Å². The highest BCUT2D eigenvalue weighted by Gasteiger charge is 2.21. The van der Waals surface area contributed by atoms with Crippen LogP contribution in [0.15, 0.2) is 22.9 Å². The lowest BCUT2D eigenvalue weighted by molar-refractivity contribution is -0.136. The molecule has 1 atom stereocenters. The predicted octanol–water partition coefficient (Wildman–Crippen LogP) is 1.33. The van der Waals surface area contributed by atoms with E-state index in [4.69, 9.17) is 23.2 Å². The first-order valence-corrected chi connectivity index (χ1v) is 4.02. The molecule has 0 aromatic carbocycles. The lowest BCUT2D eigenvalue weighted by atomic mass is 10.2. The SMILES string of the molecule is COC(=O)C1=CC(Cl)=CNC1Cl. The number of esters is 1. The van der Waals surface area contributed by atoms with Crippen LogP contribution in [0, 0.1) is 0 Å². The Balaban J connectivity index is 2.85. The van der Waals surface area contributed by atoms with Gasteiger partial charge in [-0.25, -0.2) is 4.79 Å². The van der Waals surface area contributed by atoms with Gasteiger partial charge in [0, 0.05) is 6.20 Å². The fourth-order valence-corrected chi connectivity index (χ4v) is 1.18. The Morgan fingerprint density at radius 1 is 1.75 bits per heavy atom. The van der Waals surface area contributed by atoms with Crippen molar-refractivity contribution in [3.05, 3.63) is 22.9 Å². The Hall–Kier alpha value is -0.670. The molecule has 1 rings (SSSR count). The van der Waals surface area contributed by atoms with Gasteiger partial charge in [0.25, 0.3) is 0 Å². The first kappa shape index (κ1) is 9.42. The number of methoxy groups -OCH3 is 1. The van der Waals surface area contributed by atoms with Crippen LogP contribution in [-0.2, 0) is 9.53 Å². The van der Waals surface area contributed by atoms with Crippen molar-refractivity contribution in [2.24, 2.45) is 0 Å². The number of alkyl halides is 1. The third kappa shape index (κ3) is 1.93. The minimum absolute atomic E-state index is 0.312. The monoisotopic (exact) mass is 207 g/mol. The van der Waals surface area contributed by atoms with Gasteiger partial charge in [-0.3, -0.25) is 0 Å². The topological polar surface area (TPSA) is 38.3 Å². The molecule has 0 aromatic heterocycles. The largest absolute Gasteiger partial charge is 0.466 e. The summed E-state index contributed by atoms with van der Waals surface area (Å²) in [5.74, 6) is -0.478. The highest BCUT2D eigenvalue weighted by Crippen LogP contribution is 2.18.